The molecule has 6 heteroatoms. The second-order valence-electron chi connectivity index (χ2n) is 7.22. The van der Waals surface area contributed by atoms with Crippen LogP contribution in [-0.4, -0.2) is 34.1 Å². The van der Waals surface area contributed by atoms with E-state index < -0.39 is 0 Å². The van der Waals surface area contributed by atoms with Gasteiger partial charge in [0.1, 0.15) is 11.6 Å². The third-order valence-corrected chi connectivity index (χ3v) is 5.19. The lowest BCUT2D eigenvalue weighted by Gasteiger charge is -2.32. The van der Waals surface area contributed by atoms with Crippen molar-refractivity contribution in [1.29, 1.82) is 0 Å². The molecule has 1 aliphatic heterocycles. The highest BCUT2D eigenvalue weighted by atomic mass is 19.1. The summed E-state index contributed by atoms with van der Waals surface area (Å²) in [5.74, 6) is -0.484. The van der Waals surface area contributed by atoms with E-state index in [4.69, 9.17) is 0 Å². The van der Waals surface area contributed by atoms with E-state index in [1.165, 1.54) is 36.4 Å². The van der Waals surface area contributed by atoms with Crippen LogP contribution in [0.15, 0.2) is 54.6 Å². The number of hydrogen-bond acceptors (Lipinski definition) is 2. The number of likely N-dealkylation sites (tertiary alicyclic amines) is 1. The quantitative estimate of drug-likeness (QED) is 0.733. The van der Waals surface area contributed by atoms with Gasteiger partial charge in [-0.25, -0.2) is 8.78 Å². The van der Waals surface area contributed by atoms with Crippen molar-refractivity contribution in [2.75, 3.05) is 13.1 Å². The van der Waals surface area contributed by atoms with Crippen LogP contribution >= 0.6 is 0 Å². The van der Waals surface area contributed by atoms with Crippen molar-refractivity contribution in [1.82, 2.24) is 15.1 Å². The molecule has 1 amide bonds. The Bertz CT molecular complexity index is 951. The number of H-pyrrole nitrogens is 1. The zero-order valence-corrected chi connectivity index (χ0v) is 15.4. The largest absolute Gasteiger partial charge is 0.338 e. The molecule has 1 N–H and O–H groups in total. The minimum absolute atomic E-state index is 0.0734. The van der Waals surface area contributed by atoms with E-state index in [1.807, 2.05) is 11.0 Å². The van der Waals surface area contributed by atoms with E-state index in [0.29, 0.717) is 25.1 Å². The Hall–Kier alpha value is -3.02. The highest BCUT2D eigenvalue weighted by molar-refractivity contribution is 5.94. The molecule has 0 bridgehead atoms. The normalized spacial score (nSPS) is 16.9. The minimum Gasteiger partial charge on any atom is -0.338 e. The van der Waals surface area contributed by atoms with Gasteiger partial charge < -0.3 is 4.90 Å². The average molecular weight is 381 g/mol. The molecule has 2 aromatic carbocycles. The molecule has 4 nitrogen and oxygen atoms in total. The number of nitrogens with zero attached hydrogens (tertiary/aromatic N) is 2. The average Bonchev–Trinajstić information content (AvgIpc) is 3.18. The standard InChI is InChI=1S/C22H21F2N3O/c23-18-7-3-15(4-8-18)12-20-13-21(26-25-20)17-2-1-11-27(14-17)22(28)16-5-9-19(24)10-6-16/h3-10,13,17H,1-2,11-12,14H2,(H,25,26)/t17-/m0/s1. The predicted molar refractivity (Wildman–Crippen MR) is 102 cm³/mol. The van der Waals surface area contributed by atoms with E-state index in [1.54, 1.807) is 12.1 Å². The first kappa shape index (κ1) is 18.3. The van der Waals surface area contributed by atoms with Crippen molar-refractivity contribution < 1.29 is 13.6 Å². The van der Waals surface area contributed by atoms with Crippen LogP contribution in [0, 0.1) is 11.6 Å². The van der Waals surface area contributed by atoms with Crippen LogP contribution in [0.1, 0.15) is 46.1 Å². The van der Waals surface area contributed by atoms with Gasteiger partial charge in [-0.2, -0.15) is 5.10 Å². The molecule has 0 saturated carbocycles. The predicted octanol–water partition coefficient (Wildman–Crippen LogP) is 4.30. The van der Waals surface area contributed by atoms with E-state index in [9.17, 15) is 13.6 Å². The molecule has 0 unspecified atom stereocenters. The summed E-state index contributed by atoms with van der Waals surface area (Å²) in [6, 6.07) is 14.1. The maximum absolute atomic E-state index is 13.1. The first-order valence-corrected chi connectivity index (χ1v) is 9.42. The topological polar surface area (TPSA) is 49.0 Å². The molecule has 1 saturated heterocycles. The van der Waals surface area contributed by atoms with Crippen molar-refractivity contribution in [2.24, 2.45) is 0 Å². The fraction of sp³-hybridized carbons (Fsp3) is 0.273. The Morgan fingerprint density at radius 3 is 2.46 bits per heavy atom. The van der Waals surface area contributed by atoms with Crippen molar-refractivity contribution >= 4 is 5.91 Å². The summed E-state index contributed by atoms with van der Waals surface area (Å²) in [5.41, 5.74) is 3.40. The molecule has 28 heavy (non-hydrogen) atoms. The van der Waals surface area contributed by atoms with Gasteiger partial charge in [0.15, 0.2) is 0 Å². The van der Waals surface area contributed by atoms with E-state index in [2.05, 4.69) is 10.2 Å². The van der Waals surface area contributed by atoms with Crippen LogP contribution in [0.2, 0.25) is 0 Å². The highest BCUT2D eigenvalue weighted by Crippen LogP contribution is 2.27. The zero-order valence-electron chi connectivity index (χ0n) is 15.4. The molecule has 1 atom stereocenters. The highest BCUT2D eigenvalue weighted by Gasteiger charge is 2.26. The maximum atomic E-state index is 13.1. The van der Waals surface area contributed by atoms with Gasteiger partial charge in [-0.3, -0.25) is 9.89 Å². The first-order chi connectivity index (χ1) is 13.6. The number of nitrogens with one attached hydrogen (secondary N) is 1. The Kier molecular flexibility index (Phi) is 5.19. The third-order valence-electron chi connectivity index (χ3n) is 5.19. The van der Waals surface area contributed by atoms with Crippen LogP contribution in [0.4, 0.5) is 8.78 Å². The van der Waals surface area contributed by atoms with Crippen molar-refractivity contribution in [3.8, 4) is 0 Å². The number of carbonyl (C=O) groups excluding carboxylic acids is 1. The van der Waals surface area contributed by atoms with Crippen LogP contribution in [0.25, 0.3) is 0 Å². The van der Waals surface area contributed by atoms with Gasteiger partial charge in [-0.1, -0.05) is 12.1 Å². The summed E-state index contributed by atoms with van der Waals surface area (Å²) >= 11 is 0. The number of halogens is 2. The van der Waals surface area contributed by atoms with E-state index in [0.717, 1.165) is 29.8 Å². The van der Waals surface area contributed by atoms with Gasteiger partial charge in [0, 0.05) is 36.7 Å². The minimum atomic E-state index is -0.348. The molecule has 2 heterocycles. The number of amides is 1. The number of aromatic amines is 1. The second-order valence-corrected chi connectivity index (χ2v) is 7.22. The molecule has 4 rings (SSSR count). The summed E-state index contributed by atoms with van der Waals surface area (Å²) in [4.78, 5) is 14.5. The number of aromatic nitrogens is 2. The fourth-order valence-electron chi connectivity index (χ4n) is 3.68. The van der Waals surface area contributed by atoms with E-state index >= 15 is 0 Å². The lowest BCUT2D eigenvalue weighted by atomic mass is 9.94. The monoisotopic (exact) mass is 381 g/mol. The second kappa shape index (κ2) is 7.92. The van der Waals surface area contributed by atoms with E-state index in [-0.39, 0.29) is 23.5 Å². The van der Waals surface area contributed by atoms with Crippen LogP contribution in [0.5, 0.6) is 0 Å². The third kappa shape index (κ3) is 4.11. The number of carbonyl (C=O) groups is 1. The van der Waals surface area contributed by atoms with Gasteiger partial charge in [-0.05, 0) is 60.9 Å². The molecule has 1 aromatic heterocycles. The van der Waals surface area contributed by atoms with Gasteiger partial charge in [0.2, 0.25) is 0 Å². The molecule has 3 aromatic rings. The SMILES string of the molecule is O=C(c1ccc(F)cc1)N1CCC[C@H](c2cc(Cc3ccc(F)cc3)n[nH]2)C1. The van der Waals surface area contributed by atoms with Crippen LogP contribution < -0.4 is 0 Å². The molecule has 144 valence electrons. The number of benzene rings is 2. The summed E-state index contributed by atoms with van der Waals surface area (Å²) in [6.07, 6.45) is 2.51. The first-order valence-electron chi connectivity index (χ1n) is 9.42. The van der Waals surface area contributed by atoms with Gasteiger partial charge in [0.25, 0.3) is 5.91 Å². The van der Waals surface area contributed by atoms with Crippen molar-refractivity contribution in [3.63, 3.8) is 0 Å². The number of hydrogen-bond donors (Lipinski definition) is 1. The molecular weight excluding hydrogens is 360 g/mol. The lowest BCUT2D eigenvalue weighted by Crippen LogP contribution is -2.39. The lowest BCUT2D eigenvalue weighted by molar-refractivity contribution is 0.0706. The maximum Gasteiger partial charge on any atom is 0.253 e. The Morgan fingerprint density at radius 1 is 1.07 bits per heavy atom. The zero-order chi connectivity index (χ0) is 19.5. The number of rotatable bonds is 4. The number of piperidine rings is 1. The van der Waals surface area contributed by atoms with Crippen molar-refractivity contribution in [2.45, 2.75) is 25.2 Å². The van der Waals surface area contributed by atoms with Gasteiger partial charge in [0.05, 0.1) is 5.69 Å². The molecule has 0 spiro atoms. The molecular formula is C22H21F2N3O. The van der Waals surface area contributed by atoms with Gasteiger partial charge >= 0.3 is 0 Å². The van der Waals surface area contributed by atoms with Crippen LogP contribution in [0.3, 0.4) is 0 Å². The fourth-order valence-corrected chi connectivity index (χ4v) is 3.68. The smallest absolute Gasteiger partial charge is 0.253 e. The molecule has 0 radical (unpaired) electrons. The molecule has 1 fully saturated rings. The van der Waals surface area contributed by atoms with Crippen molar-refractivity contribution in [3.05, 3.63) is 88.7 Å². The Balaban J connectivity index is 1.43. The summed E-state index contributed by atoms with van der Waals surface area (Å²) in [5, 5.41) is 7.49. The van der Waals surface area contributed by atoms with Crippen LogP contribution in [-0.2, 0) is 6.42 Å². The summed E-state index contributed by atoms with van der Waals surface area (Å²) < 4.78 is 26.1. The Labute approximate surface area is 162 Å². The summed E-state index contributed by atoms with van der Waals surface area (Å²) in [7, 11) is 0. The molecule has 1 aliphatic rings. The summed E-state index contributed by atoms with van der Waals surface area (Å²) in [6.45, 7) is 1.30. The van der Waals surface area contributed by atoms with Gasteiger partial charge in [-0.15, -0.1) is 0 Å². The Morgan fingerprint density at radius 2 is 1.75 bits per heavy atom. The molecule has 0 aliphatic carbocycles.